The van der Waals surface area contributed by atoms with Crippen molar-refractivity contribution in [2.75, 3.05) is 26.0 Å². The van der Waals surface area contributed by atoms with Gasteiger partial charge in [0.15, 0.2) is 11.5 Å². The minimum Gasteiger partial charge on any atom is -0.505 e. The van der Waals surface area contributed by atoms with Crippen LogP contribution >= 0.6 is 0 Å². The Balaban J connectivity index is 2.38. The van der Waals surface area contributed by atoms with Gasteiger partial charge in [0.1, 0.15) is 5.70 Å². The standard InChI is InChI=1S/C16H21N3O3/c1-5-17-11-8-13(20)14(11)18-12-7-9(2)6-10(15(12)21)16(22)19(3)4/h6-7,17-18,21H,5,8H2,1-4H3. The zero-order chi connectivity index (χ0) is 16.4. The van der Waals surface area contributed by atoms with Crippen LogP contribution in [0.4, 0.5) is 5.69 Å². The first kappa shape index (κ1) is 15.9. The third-order valence-corrected chi connectivity index (χ3v) is 3.46. The van der Waals surface area contributed by atoms with Crippen molar-refractivity contribution < 1.29 is 14.7 Å². The molecule has 0 aliphatic heterocycles. The number of hydrogen-bond donors (Lipinski definition) is 3. The van der Waals surface area contributed by atoms with Gasteiger partial charge in [-0.3, -0.25) is 9.59 Å². The monoisotopic (exact) mass is 303 g/mol. The number of nitrogens with zero attached hydrogens (tertiary/aromatic N) is 1. The van der Waals surface area contributed by atoms with Gasteiger partial charge >= 0.3 is 0 Å². The maximum absolute atomic E-state index is 12.1. The summed E-state index contributed by atoms with van der Waals surface area (Å²) in [6.07, 6.45) is 0.367. The first-order valence-electron chi connectivity index (χ1n) is 7.17. The summed E-state index contributed by atoms with van der Waals surface area (Å²) in [6, 6.07) is 3.34. The fourth-order valence-corrected chi connectivity index (χ4v) is 2.32. The number of amides is 1. The van der Waals surface area contributed by atoms with Gasteiger partial charge in [-0.15, -0.1) is 0 Å². The Bertz CT molecular complexity index is 663. The summed E-state index contributed by atoms with van der Waals surface area (Å²) >= 11 is 0. The number of ketones is 1. The van der Waals surface area contributed by atoms with Crippen molar-refractivity contribution in [2.45, 2.75) is 20.3 Å². The molecular weight excluding hydrogens is 282 g/mol. The Morgan fingerprint density at radius 2 is 2.05 bits per heavy atom. The maximum Gasteiger partial charge on any atom is 0.257 e. The van der Waals surface area contributed by atoms with E-state index in [9.17, 15) is 14.7 Å². The fourth-order valence-electron chi connectivity index (χ4n) is 2.32. The van der Waals surface area contributed by atoms with Crippen molar-refractivity contribution in [3.05, 3.63) is 34.7 Å². The number of aromatic hydroxyl groups is 1. The SMILES string of the molecule is CCNC1=C(Nc2cc(C)cc(C(=O)N(C)C)c2O)C(=O)C1. The largest absolute Gasteiger partial charge is 0.505 e. The van der Waals surface area contributed by atoms with E-state index in [2.05, 4.69) is 10.6 Å². The lowest BCUT2D eigenvalue weighted by Crippen LogP contribution is -2.32. The highest BCUT2D eigenvalue weighted by Crippen LogP contribution is 2.33. The number of allylic oxidation sites excluding steroid dienone is 2. The Morgan fingerprint density at radius 1 is 1.36 bits per heavy atom. The average Bonchev–Trinajstić information content (AvgIpc) is 2.46. The van der Waals surface area contributed by atoms with Crippen LogP contribution in [0.3, 0.4) is 0 Å². The first-order chi connectivity index (χ1) is 10.3. The second-order valence-electron chi connectivity index (χ2n) is 5.52. The molecule has 6 heteroatoms. The fraction of sp³-hybridized carbons (Fsp3) is 0.375. The molecule has 0 saturated carbocycles. The number of hydrogen-bond acceptors (Lipinski definition) is 5. The molecule has 118 valence electrons. The van der Waals surface area contributed by atoms with Gasteiger partial charge in [-0.1, -0.05) is 0 Å². The molecule has 0 heterocycles. The van der Waals surface area contributed by atoms with Crippen molar-refractivity contribution in [3.8, 4) is 5.75 Å². The quantitative estimate of drug-likeness (QED) is 0.720. The van der Waals surface area contributed by atoms with Crippen LogP contribution in [0.1, 0.15) is 29.3 Å². The molecule has 0 radical (unpaired) electrons. The lowest BCUT2D eigenvalue weighted by molar-refractivity contribution is -0.116. The molecule has 3 N–H and O–H groups in total. The van der Waals surface area contributed by atoms with Crippen LogP contribution in [0.2, 0.25) is 0 Å². The number of phenolic OH excluding ortho intramolecular Hbond substituents is 1. The highest BCUT2D eigenvalue weighted by Gasteiger charge is 2.28. The molecule has 6 nitrogen and oxygen atoms in total. The van der Waals surface area contributed by atoms with Crippen molar-refractivity contribution >= 4 is 17.4 Å². The van der Waals surface area contributed by atoms with E-state index < -0.39 is 0 Å². The number of carbonyl (C=O) groups excluding carboxylic acids is 2. The predicted octanol–water partition coefficient (Wildman–Crippen LogP) is 1.61. The molecule has 2 rings (SSSR count). The number of phenols is 1. The highest BCUT2D eigenvalue weighted by molar-refractivity contribution is 6.07. The molecule has 1 aromatic carbocycles. The molecule has 1 aliphatic rings. The Hall–Kier alpha value is -2.50. The highest BCUT2D eigenvalue weighted by atomic mass is 16.3. The van der Waals surface area contributed by atoms with E-state index in [0.717, 1.165) is 17.8 Å². The number of rotatable bonds is 5. The third kappa shape index (κ3) is 2.90. The van der Waals surface area contributed by atoms with Crippen LogP contribution in [0, 0.1) is 6.92 Å². The van der Waals surface area contributed by atoms with Gasteiger partial charge in [0.2, 0.25) is 0 Å². The van der Waals surface area contributed by atoms with E-state index in [1.54, 1.807) is 26.2 Å². The number of benzene rings is 1. The first-order valence-corrected chi connectivity index (χ1v) is 7.17. The van der Waals surface area contributed by atoms with Crippen molar-refractivity contribution in [1.82, 2.24) is 10.2 Å². The molecule has 0 fully saturated rings. The second-order valence-corrected chi connectivity index (χ2v) is 5.52. The maximum atomic E-state index is 12.1. The molecule has 0 unspecified atom stereocenters. The van der Waals surface area contributed by atoms with Crippen molar-refractivity contribution in [1.29, 1.82) is 0 Å². The van der Waals surface area contributed by atoms with Gasteiger partial charge in [-0.2, -0.15) is 0 Å². The van der Waals surface area contributed by atoms with Gasteiger partial charge in [-0.25, -0.2) is 0 Å². The number of aryl methyl sites for hydroxylation is 1. The Morgan fingerprint density at radius 3 is 2.59 bits per heavy atom. The van der Waals surface area contributed by atoms with Crippen LogP contribution in [-0.2, 0) is 4.79 Å². The second kappa shape index (κ2) is 6.09. The summed E-state index contributed by atoms with van der Waals surface area (Å²) in [5.41, 5.74) is 2.68. The zero-order valence-corrected chi connectivity index (χ0v) is 13.3. The molecule has 0 spiro atoms. The molecular formula is C16H21N3O3. The summed E-state index contributed by atoms with van der Waals surface area (Å²) in [6.45, 7) is 4.50. The average molecular weight is 303 g/mol. The Kier molecular flexibility index (Phi) is 4.40. The third-order valence-electron chi connectivity index (χ3n) is 3.46. The summed E-state index contributed by atoms with van der Waals surface area (Å²) < 4.78 is 0. The zero-order valence-electron chi connectivity index (χ0n) is 13.3. The van der Waals surface area contributed by atoms with Crippen LogP contribution in [0.25, 0.3) is 0 Å². The normalized spacial score (nSPS) is 13.7. The summed E-state index contributed by atoms with van der Waals surface area (Å²) in [5.74, 6) is -0.449. The van der Waals surface area contributed by atoms with Crippen molar-refractivity contribution in [2.24, 2.45) is 0 Å². The number of Topliss-reactive ketones (excluding diaryl/α,β-unsaturated/α-hetero) is 1. The molecule has 1 aromatic rings. The molecule has 0 aromatic heterocycles. The minimum absolute atomic E-state index is 0.0163. The minimum atomic E-state index is -0.287. The topological polar surface area (TPSA) is 81.7 Å². The molecule has 0 saturated heterocycles. The van der Waals surface area contributed by atoms with Gasteiger partial charge < -0.3 is 20.6 Å². The van der Waals surface area contributed by atoms with E-state index in [1.165, 1.54) is 4.90 Å². The lowest BCUT2D eigenvalue weighted by Gasteiger charge is -2.25. The van der Waals surface area contributed by atoms with E-state index >= 15 is 0 Å². The summed E-state index contributed by atoms with van der Waals surface area (Å²) in [5, 5.41) is 16.4. The van der Waals surface area contributed by atoms with Crippen LogP contribution in [-0.4, -0.2) is 42.3 Å². The van der Waals surface area contributed by atoms with Gasteiger partial charge in [0.25, 0.3) is 5.91 Å². The number of carbonyl (C=O) groups is 2. The predicted molar refractivity (Wildman–Crippen MR) is 84.8 cm³/mol. The van der Waals surface area contributed by atoms with Crippen LogP contribution in [0.5, 0.6) is 5.75 Å². The summed E-state index contributed by atoms with van der Waals surface area (Å²) in [4.78, 5) is 25.2. The van der Waals surface area contributed by atoms with E-state index in [-0.39, 0.29) is 23.0 Å². The smallest absolute Gasteiger partial charge is 0.257 e. The molecule has 22 heavy (non-hydrogen) atoms. The van der Waals surface area contributed by atoms with Crippen LogP contribution < -0.4 is 10.6 Å². The van der Waals surface area contributed by atoms with E-state index in [1.807, 2.05) is 13.8 Å². The van der Waals surface area contributed by atoms with E-state index in [0.29, 0.717) is 17.8 Å². The molecule has 0 atom stereocenters. The number of anilines is 1. The van der Waals surface area contributed by atoms with Gasteiger partial charge in [0.05, 0.1) is 17.7 Å². The van der Waals surface area contributed by atoms with Gasteiger partial charge in [-0.05, 0) is 31.5 Å². The number of nitrogens with one attached hydrogen (secondary N) is 2. The molecule has 1 amide bonds. The molecule has 1 aliphatic carbocycles. The Labute approximate surface area is 129 Å². The van der Waals surface area contributed by atoms with E-state index in [4.69, 9.17) is 0 Å². The van der Waals surface area contributed by atoms with Crippen LogP contribution in [0.15, 0.2) is 23.5 Å². The van der Waals surface area contributed by atoms with Crippen molar-refractivity contribution in [3.63, 3.8) is 0 Å². The molecule has 0 bridgehead atoms. The summed E-state index contributed by atoms with van der Waals surface area (Å²) in [7, 11) is 3.25. The lowest BCUT2D eigenvalue weighted by atomic mass is 9.98. The van der Waals surface area contributed by atoms with Gasteiger partial charge in [0, 0.05) is 26.3 Å².